The highest BCUT2D eigenvalue weighted by molar-refractivity contribution is 5.15. The normalized spacial score (nSPS) is 30.9. The molecule has 3 atom stereocenters. The van der Waals surface area contributed by atoms with Crippen LogP contribution in [0.2, 0.25) is 0 Å². The first-order chi connectivity index (χ1) is 10.2. The number of nitrogens with one attached hydrogen (secondary N) is 1. The highest BCUT2D eigenvalue weighted by Crippen LogP contribution is 2.40. The summed E-state index contributed by atoms with van der Waals surface area (Å²) in [5.74, 6) is 0.576. The molecule has 0 bridgehead atoms. The van der Waals surface area contributed by atoms with Crippen LogP contribution in [0, 0.1) is 12.8 Å². The number of rotatable bonds is 4. The molecule has 1 aromatic heterocycles. The third-order valence-electron chi connectivity index (χ3n) is 4.93. The summed E-state index contributed by atoms with van der Waals surface area (Å²) in [6.07, 6.45) is 3.21. The molecule has 1 N–H and O–H groups in total. The lowest BCUT2D eigenvalue weighted by Crippen LogP contribution is -2.44. The molecule has 2 aliphatic heterocycles. The number of hydrogen-bond acceptors (Lipinski definition) is 4. The van der Waals surface area contributed by atoms with Gasteiger partial charge in [0.05, 0.1) is 29.6 Å². The van der Waals surface area contributed by atoms with Crippen molar-refractivity contribution in [2.45, 2.75) is 51.3 Å². The Kier molecular flexibility index (Phi) is 4.33. The second-order valence-electron chi connectivity index (χ2n) is 6.38. The summed E-state index contributed by atoms with van der Waals surface area (Å²) in [5, 5.41) is 8.13. The first-order valence-corrected chi connectivity index (χ1v) is 8.11. The minimum atomic E-state index is -0.0376. The standard InChI is InChI=1S/C16H27N3O2/c1-4-19-14(9-12(2)18-19)15(17-3)13-5-7-21-16(10-13)6-8-20-11-16/h9,13,15,17H,4-8,10-11H2,1-3H3. The summed E-state index contributed by atoms with van der Waals surface area (Å²) < 4.78 is 13.8. The first kappa shape index (κ1) is 15.0. The maximum Gasteiger partial charge on any atom is 0.0940 e. The largest absolute Gasteiger partial charge is 0.378 e. The average molecular weight is 293 g/mol. The van der Waals surface area contributed by atoms with Crippen molar-refractivity contribution >= 4 is 0 Å². The first-order valence-electron chi connectivity index (χ1n) is 8.11. The number of aryl methyl sites for hydroxylation is 2. The molecular formula is C16H27N3O2. The van der Waals surface area contributed by atoms with Gasteiger partial charge in [-0.25, -0.2) is 0 Å². The lowest BCUT2D eigenvalue weighted by atomic mass is 9.80. The average Bonchev–Trinajstić information content (AvgIpc) is 3.07. The Labute approximate surface area is 127 Å². The summed E-state index contributed by atoms with van der Waals surface area (Å²) in [6, 6.07) is 2.56. The lowest BCUT2D eigenvalue weighted by Gasteiger charge is -2.40. The van der Waals surface area contributed by atoms with Gasteiger partial charge in [-0.1, -0.05) is 0 Å². The Morgan fingerprint density at radius 3 is 3.05 bits per heavy atom. The topological polar surface area (TPSA) is 48.3 Å². The maximum atomic E-state index is 6.07. The van der Waals surface area contributed by atoms with Gasteiger partial charge in [0.2, 0.25) is 0 Å². The molecule has 2 saturated heterocycles. The van der Waals surface area contributed by atoms with Crippen LogP contribution in [0.1, 0.15) is 43.6 Å². The van der Waals surface area contributed by atoms with Gasteiger partial charge < -0.3 is 14.8 Å². The van der Waals surface area contributed by atoms with Crippen LogP contribution in [-0.4, -0.2) is 42.2 Å². The second kappa shape index (κ2) is 6.07. The van der Waals surface area contributed by atoms with Crippen molar-refractivity contribution in [2.75, 3.05) is 26.9 Å². The molecule has 0 amide bonds. The minimum Gasteiger partial charge on any atom is -0.378 e. The smallest absolute Gasteiger partial charge is 0.0940 e. The van der Waals surface area contributed by atoms with E-state index in [-0.39, 0.29) is 5.60 Å². The van der Waals surface area contributed by atoms with Gasteiger partial charge in [0.25, 0.3) is 0 Å². The fraction of sp³-hybridized carbons (Fsp3) is 0.812. The van der Waals surface area contributed by atoms with Gasteiger partial charge in [0.15, 0.2) is 0 Å². The summed E-state index contributed by atoms with van der Waals surface area (Å²) in [7, 11) is 2.06. The van der Waals surface area contributed by atoms with E-state index in [4.69, 9.17) is 9.47 Å². The lowest BCUT2D eigenvalue weighted by molar-refractivity contribution is -0.103. The Bertz CT molecular complexity index is 480. The van der Waals surface area contributed by atoms with Gasteiger partial charge in [0, 0.05) is 26.2 Å². The van der Waals surface area contributed by atoms with E-state index < -0.39 is 0 Å². The van der Waals surface area contributed by atoms with E-state index >= 15 is 0 Å². The third-order valence-corrected chi connectivity index (χ3v) is 4.93. The fourth-order valence-electron chi connectivity index (χ4n) is 3.91. The number of hydrogen-bond donors (Lipinski definition) is 1. The van der Waals surface area contributed by atoms with Gasteiger partial charge in [-0.15, -0.1) is 0 Å². The molecule has 2 fully saturated rings. The molecule has 5 nitrogen and oxygen atoms in total. The molecule has 0 radical (unpaired) electrons. The molecule has 3 rings (SSSR count). The Balaban J connectivity index is 1.82. The molecule has 1 spiro atoms. The summed E-state index contributed by atoms with van der Waals surface area (Å²) in [5.41, 5.74) is 2.36. The van der Waals surface area contributed by atoms with Crippen molar-refractivity contribution < 1.29 is 9.47 Å². The van der Waals surface area contributed by atoms with Crippen LogP contribution < -0.4 is 5.32 Å². The van der Waals surface area contributed by atoms with E-state index in [1.54, 1.807) is 0 Å². The van der Waals surface area contributed by atoms with E-state index in [0.29, 0.717) is 12.0 Å². The summed E-state index contributed by atoms with van der Waals surface area (Å²) >= 11 is 0. The predicted octanol–water partition coefficient (Wildman–Crippen LogP) is 2.06. The zero-order chi connectivity index (χ0) is 14.9. The monoisotopic (exact) mass is 293 g/mol. The molecule has 118 valence electrons. The van der Waals surface area contributed by atoms with Crippen LogP contribution in [0.5, 0.6) is 0 Å². The SMILES string of the molecule is CCn1nc(C)cc1C(NC)C1CCOC2(CCOC2)C1. The van der Waals surface area contributed by atoms with Crippen molar-refractivity contribution in [2.24, 2.45) is 5.92 Å². The molecule has 2 aliphatic rings. The Morgan fingerprint density at radius 1 is 1.52 bits per heavy atom. The van der Waals surface area contributed by atoms with E-state index in [1.165, 1.54) is 5.69 Å². The highest BCUT2D eigenvalue weighted by atomic mass is 16.6. The van der Waals surface area contributed by atoms with Crippen molar-refractivity contribution in [3.63, 3.8) is 0 Å². The van der Waals surface area contributed by atoms with E-state index in [1.807, 2.05) is 0 Å². The number of nitrogens with zero attached hydrogens (tertiary/aromatic N) is 2. The predicted molar refractivity (Wildman–Crippen MR) is 81.3 cm³/mol. The van der Waals surface area contributed by atoms with Gasteiger partial charge in [-0.05, 0) is 45.7 Å². The van der Waals surface area contributed by atoms with Crippen molar-refractivity contribution in [3.8, 4) is 0 Å². The van der Waals surface area contributed by atoms with Crippen molar-refractivity contribution in [1.29, 1.82) is 0 Å². The van der Waals surface area contributed by atoms with Crippen LogP contribution in [0.3, 0.4) is 0 Å². The highest BCUT2D eigenvalue weighted by Gasteiger charge is 2.43. The van der Waals surface area contributed by atoms with Gasteiger partial charge in [-0.2, -0.15) is 5.10 Å². The number of ether oxygens (including phenoxy) is 2. The fourth-order valence-corrected chi connectivity index (χ4v) is 3.91. The Morgan fingerprint density at radius 2 is 2.38 bits per heavy atom. The Hall–Kier alpha value is -0.910. The molecule has 5 heteroatoms. The molecular weight excluding hydrogens is 266 g/mol. The third kappa shape index (κ3) is 2.87. The van der Waals surface area contributed by atoms with Crippen LogP contribution >= 0.6 is 0 Å². The zero-order valence-electron chi connectivity index (χ0n) is 13.4. The maximum absolute atomic E-state index is 6.07. The van der Waals surface area contributed by atoms with E-state index in [0.717, 1.165) is 51.3 Å². The van der Waals surface area contributed by atoms with Crippen LogP contribution in [0.4, 0.5) is 0 Å². The quantitative estimate of drug-likeness (QED) is 0.923. The molecule has 0 aromatic carbocycles. The zero-order valence-corrected chi connectivity index (χ0v) is 13.4. The molecule has 3 unspecified atom stereocenters. The summed E-state index contributed by atoms with van der Waals surface area (Å²) in [4.78, 5) is 0. The molecule has 0 aliphatic carbocycles. The number of aromatic nitrogens is 2. The van der Waals surface area contributed by atoms with Gasteiger partial charge in [-0.3, -0.25) is 4.68 Å². The van der Waals surface area contributed by atoms with Crippen LogP contribution in [0.25, 0.3) is 0 Å². The molecule has 1 aromatic rings. The van der Waals surface area contributed by atoms with E-state index in [9.17, 15) is 0 Å². The second-order valence-corrected chi connectivity index (χ2v) is 6.38. The van der Waals surface area contributed by atoms with Gasteiger partial charge >= 0.3 is 0 Å². The van der Waals surface area contributed by atoms with Gasteiger partial charge in [0.1, 0.15) is 0 Å². The van der Waals surface area contributed by atoms with E-state index in [2.05, 4.69) is 42.1 Å². The van der Waals surface area contributed by atoms with Crippen molar-refractivity contribution in [3.05, 3.63) is 17.5 Å². The van der Waals surface area contributed by atoms with Crippen LogP contribution in [-0.2, 0) is 16.0 Å². The molecule has 0 saturated carbocycles. The van der Waals surface area contributed by atoms with Crippen molar-refractivity contribution in [1.82, 2.24) is 15.1 Å². The summed E-state index contributed by atoms with van der Waals surface area (Å²) in [6.45, 7) is 7.57. The molecule has 21 heavy (non-hydrogen) atoms. The molecule has 3 heterocycles. The minimum absolute atomic E-state index is 0.0376. The van der Waals surface area contributed by atoms with Crippen LogP contribution in [0.15, 0.2) is 6.07 Å².